The number of nitrogens with one attached hydrogen (secondary N) is 1. The fraction of sp³-hybridized carbons (Fsp3) is 0.786. The van der Waals surface area contributed by atoms with Gasteiger partial charge in [-0.2, -0.15) is 0 Å². The summed E-state index contributed by atoms with van der Waals surface area (Å²) in [5.74, 6) is 0.658. The molecule has 106 valence electrons. The van der Waals surface area contributed by atoms with Gasteiger partial charge in [0.25, 0.3) is 0 Å². The summed E-state index contributed by atoms with van der Waals surface area (Å²) in [6.45, 7) is 3.38. The molecule has 1 aliphatic heterocycles. The van der Waals surface area contributed by atoms with Gasteiger partial charge < -0.3 is 14.8 Å². The lowest BCUT2D eigenvalue weighted by molar-refractivity contribution is 0.180. The van der Waals surface area contributed by atoms with Gasteiger partial charge in [-0.3, -0.25) is 0 Å². The largest absolute Gasteiger partial charge is 0.381 e. The minimum atomic E-state index is 0.624. The summed E-state index contributed by atoms with van der Waals surface area (Å²) in [6.07, 6.45) is 4.88. The van der Waals surface area contributed by atoms with E-state index in [0.717, 1.165) is 37.9 Å². The Morgan fingerprint density at radius 2 is 2.32 bits per heavy atom. The first kappa shape index (κ1) is 13.5. The molecule has 0 bridgehead atoms. The molecule has 1 saturated heterocycles. The molecule has 1 atom stereocenters. The zero-order chi connectivity index (χ0) is 13.1. The third kappa shape index (κ3) is 3.75. The molecule has 3 rings (SSSR count). The van der Waals surface area contributed by atoms with Crippen molar-refractivity contribution in [1.82, 2.24) is 10.3 Å². The van der Waals surface area contributed by atoms with Gasteiger partial charge in [-0.25, -0.2) is 4.98 Å². The van der Waals surface area contributed by atoms with Crippen molar-refractivity contribution in [3.8, 4) is 0 Å². The van der Waals surface area contributed by atoms with E-state index in [0.29, 0.717) is 12.5 Å². The van der Waals surface area contributed by atoms with Gasteiger partial charge in [0.05, 0.1) is 17.3 Å². The summed E-state index contributed by atoms with van der Waals surface area (Å²) in [6, 6.07) is 0.740. The summed E-state index contributed by atoms with van der Waals surface area (Å²) in [7, 11) is 1.74. The summed E-state index contributed by atoms with van der Waals surface area (Å²) in [4.78, 5) is 6.11. The van der Waals surface area contributed by atoms with Crippen molar-refractivity contribution in [1.29, 1.82) is 0 Å². The van der Waals surface area contributed by atoms with Crippen LogP contribution < -0.4 is 5.32 Å². The number of hydrogen-bond donors (Lipinski definition) is 1. The summed E-state index contributed by atoms with van der Waals surface area (Å²) < 4.78 is 10.7. The van der Waals surface area contributed by atoms with Crippen LogP contribution in [-0.2, 0) is 29.0 Å². The highest BCUT2D eigenvalue weighted by Gasteiger charge is 2.23. The summed E-state index contributed by atoms with van der Waals surface area (Å²) in [5.41, 5.74) is 1.12. The van der Waals surface area contributed by atoms with E-state index in [1.807, 2.05) is 11.3 Å². The monoisotopic (exact) mass is 282 g/mol. The fourth-order valence-electron chi connectivity index (χ4n) is 2.43. The van der Waals surface area contributed by atoms with Crippen LogP contribution in [-0.4, -0.2) is 31.3 Å². The maximum absolute atomic E-state index is 5.44. The predicted octanol–water partition coefficient (Wildman–Crippen LogP) is 2.12. The zero-order valence-corrected chi connectivity index (χ0v) is 12.3. The minimum Gasteiger partial charge on any atom is -0.381 e. The molecule has 2 heterocycles. The summed E-state index contributed by atoms with van der Waals surface area (Å²) >= 11 is 1.85. The molecule has 2 aliphatic rings. The first-order valence-corrected chi connectivity index (χ1v) is 7.94. The first-order chi connectivity index (χ1) is 9.35. The van der Waals surface area contributed by atoms with E-state index >= 15 is 0 Å². The number of rotatable bonds is 7. The molecule has 0 aromatic carbocycles. The Bertz CT molecular complexity index is 412. The van der Waals surface area contributed by atoms with Gasteiger partial charge >= 0.3 is 0 Å². The van der Waals surface area contributed by atoms with Crippen LogP contribution in [0.15, 0.2) is 0 Å². The Labute approximate surface area is 118 Å². The molecule has 0 amide bonds. The number of methoxy groups -OCH3 is 1. The van der Waals surface area contributed by atoms with Crippen LogP contribution in [0.25, 0.3) is 0 Å². The van der Waals surface area contributed by atoms with Crippen LogP contribution in [0.4, 0.5) is 0 Å². The van der Waals surface area contributed by atoms with Gasteiger partial charge in [0.2, 0.25) is 0 Å². The highest BCUT2D eigenvalue weighted by Crippen LogP contribution is 2.26. The Hall–Kier alpha value is -0.490. The molecule has 0 radical (unpaired) electrons. The average Bonchev–Trinajstić information content (AvgIpc) is 2.95. The lowest BCUT2D eigenvalue weighted by atomic mass is 10.1. The third-order valence-corrected chi connectivity index (χ3v) is 4.84. The van der Waals surface area contributed by atoms with Crippen molar-refractivity contribution in [2.45, 2.75) is 44.9 Å². The topological polar surface area (TPSA) is 43.4 Å². The summed E-state index contributed by atoms with van der Waals surface area (Å²) in [5, 5.41) is 4.81. The normalized spacial score (nSPS) is 23.1. The van der Waals surface area contributed by atoms with Gasteiger partial charge in [-0.1, -0.05) is 0 Å². The van der Waals surface area contributed by atoms with E-state index in [1.54, 1.807) is 7.11 Å². The van der Waals surface area contributed by atoms with Crippen LogP contribution in [0.2, 0.25) is 0 Å². The minimum absolute atomic E-state index is 0.624. The van der Waals surface area contributed by atoms with Crippen molar-refractivity contribution < 1.29 is 9.47 Å². The quantitative estimate of drug-likeness (QED) is 0.832. The number of aromatic nitrogens is 1. The number of nitrogens with zero attached hydrogens (tertiary/aromatic N) is 1. The molecule has 5 heteroatoms. The Morgan fingerprint density at radius 1 is 1.42 bits per heavy atom. The molecule has 1 unspecified atom stereocenters. The van der Waals surface area contributed by atoms with Crippen molar-refractivity contribution in [3.63, 3.8) is 0 Å². The van der Waals surface area contributed by atoms with Gasteiger partial charge in [0.15, 0.2) is 0 Å². The Kier molecular flexibility index (Phi) is 4.48. The molecule has 4 nitrogen and oxygen atoms in total. The smallest absolute Gasteiger partial charge is 0.0936 e. The molecule has 1 aromatic rings. The molecule has 1 saturated carbocycles. The number of thiazole rings is 1. The fourth-order valence-corrected chi connectivity index (χ4v) is 3.56. The van der Waals surface area contributed by atoms with E-state index in [9.17, 15) is 0 Å². The third-order valence-electron chi connectivity index (χ3n) is 3.72. The number of ether oxygens (including phenoxy) is 2. The Morgan fingerprint density at radius 3 is 3.00 bits per heavy atom. The van der Waals surface area contributed by atoms with Crippen LogP contribution >= 0.6 is 11.3 Å². The van der Waals surface area contributed by atoms with Crippen LogP contribution in [0.5, 0.6) is 0 Å². The molecular weight excluding hydrogens is 260 g/mol. The van der Waals surface area contributed by atoms with Crippen LogP contribution in [0, 0.1) is 5.92 Å². The van der Waals surface area contributed by atoms with Crippen LogP contribution in [0.1, 0.15) is 34.8 Å². The second-order valence-electron chi connectivity index (χ2n) is 5.50. The van der Waals surface area contributed by atoms with Crippen molar-refractivity contribution in [3.05, 3.63) is 15.6 Å². The number of hydrogen-bond acceptors (Lipinski definition) is 5. The predicted molar refractivity (Wildman–Crippen MR) is 75.3 cm³/mol. The highest BCUT2D eigenvalue weighted by atomic mass is 32.1. The molecular formula is C14H22N2O2S. The maximum atomic E-state index is 5.44. The van der Waals surface area contributed by atoms with Crippen molar-refractivity contribution in [2.24, 2.45) is 5.92 Å². The molecule has 1 N–H and O–H groups in total. The van der Waals surface area contributed by atoms with E-state index in [2.05, 4.69) is 5.32 Å². The zero-order valence-electron chi connectivity index (χ0n) is 11.5. The van der Waals surface area contributed by atoms with E-state index in [1.165, 1.54) is 29.1 Å². The van der Waals surface area contributed by atoms with E-state index in [-0.39, 0.29) is 0 Å². The SMILES string of the molecule is COCc1nc(CC2CCOC2)sc1CNC1CC1. The van der Waals surface area contributed by atoms with Gasteiger partial charge in [-0.15, -0.1) is 11.3 Å². The van der Waals surface area contributed by atoms with Gasteiger partial charge in [-0.05, 0) is 25.2 Å². The first-order valence-electron chi connectivity index (χ1n) is 7.12. The van der Waals surface area contributed by atoms with Crippen LogP contribution in [0.3, 0.4) is 0 Å². The lowest BCUT2D eigenvalue weighted by Gasteiger charge is -2.02. The molecule has 1 aromatic heterocycles. The van der Waals surface area contributed by atoms with Gasteiger partial charge in [0, 0.05) is 44.2 Å². The molecule has 0 spiro atoms. The highest BCUT2D eigenvalue weighted by molar-refractivity contribution is 7.11. The van der Waals surface area contributed by atoms with Crippen molar-refractivity contribution >= 4 is 11.3 Å². The van der Waals surface area contributed by atoms with E-state index in [4.69, 9.17) is 14.5 Å². The molecule has 2 fully saturated rings. The van der Waals surface area contributed by atoms with Crippen molar-refractivity contribution in [2.75, 3.05) is 20.3 Å². The average molecular weight is 282 g/mol. The standard InChI is InChI=1S/C14H22N2O2S/c1-17-9-12-13(7-15-11-2-3-11)19-14(16-12)6-10-4-5-18-8-10/h10-11,15H,2-9H2,1H3. The molecule has 1 aliphatic carbocycles. The Balaban J connectivity index is 1.63. The second kappa shape index (κ2) is 6.31. The molecule has 19 heavy (non-hydrogen) atoms. The van der Waals surface area contributed by atoms with Gasteiger partial charge in [0.1, 0.15) is 0 Å². The maximum Gasteiger partial charge on any atom is 0.0936 e. The second-order valence-corrected chi connectivity index (χ2v) is 6.67. The lowest BCUT2D eigenvalue weighted by Crippen LogP contribution is -2.15. The van der Waals surface area contributed by atoms with E-state index < -0.39 is 0 Å².